The molecular weight excluding hydrogens is 402 g/mol. The van der Waals surface area contributed by atoms with Gasteiger partial charge in [0.25, 0.3) is 5.91 Å². The molecule has 160 valence electrons. The minimum absolute atomic E-state index is 0.0979. The first-order chi connectivity index (χ1) is 13.6. The number of hydrogen-bond donors (Lipinski definition) is 2. The highest BCUT2D eigenvalue weighted by Gasteiger charge is 2.24. The Morgan fingerprint density at radius 3 is 2.28 bits per heavy atom. The van der Waals surface area contributed by atoms with E-state index in [2.05, 4.69) is 5.32 Å². The van der Waals surface area contributed by atoms with Crippen LogP contribution in [0.25, 0.3) is 0 Å². The Morgan fingerprint density at radius 1 is 1.10 bits per heavy atom. The zero-order valence-electron chi connectivity index (χ0n) is 16.6. The average molecular weight is 427 g/mol. The number of hydrogen-bond acceptors (Lipinski definition) is 7. The van der Waals surface area contributed by atoms with Crippen molar-refractivity contribution in [1.29, 1.82) is 0 Å². The summed E-state index contributed by atoms with van der Waals surface area (Å²) in [4.78, 5) is 46.0. The third-order valence-electron chi connectivity index (χ3n) is 3.75. The first-order valence-electron chi connectivity index (χ1n) is 8.88. The van der Waals surface area contributed by atoms with Crippen LogP contribution < -0.4 is 10.6 Å². The van der Waals surface area contributed by atoms with E-state index in [0.717, 1.165) is 17.1 Å². The molecule has 10 nitrogen and oxygen atoms in total. The van der Waals surface area contributed by atoms with Crippen molar-refractivity contribution in [2.75, 3.05) is 26.7 Å². The summed E-state index contributed by atoms with van der Waals surface area (Å²) >= 11 is 0. The lowest BCUT2D eigenvalue weighted by Crippen LogP contribution is -2.42. The van der Waals surface area contributed by atoms with Crippen molar-refractivity contribution in [2.24, 2.45) is 0 Å². The highest BCUT2D eigenvalue weighted by molar-refractivity contribution is 7.89. The van der Waals surface area contributed by atoms with Crippen molar-refractivity contribution in [3.05, 3.63) is 29.8 Å². The van der Waals surface area contributed by atoms with Gasteiger partial charge in [0.2, 0.25) is 10.0 Å². The Balaban J connectivity index is 2.53. The molecule has 0 atom stereocenters. The number of benzene rings is 1. The minimum atomic E-state index is -3.99. The number of nitrogens with one attached hydrogen (secondary N) is 2. The number of ketones is 1. The molecule has 0 bridgehead atoms. The zero-order chi connectivity index (χ0) is 22.0. The Labute approximate surface area is 169 Å². The number of unbranched alkanes of at least 4 members (excludes halogenated alkanes) is 1. The van der Waals surface area contributed by atoms with Crippen LogP contribution in [0.1, 0.15) is 37.0 Å². The number of carbonyl (C=O) groups excluding carboxylic acids is 4. The third-order valence-corrected chi connectivity index (χ3v) is 5.57. The van der Waals surface area contributed by atoms with Gasteiger partial charge >= 0.3 is 12.0 Å². The van der Waals surface area contributed by atoms with Gasteiger partial charge in [-0.15, -0.1) is 0 Å². The van der Waals surface area contributed by atoms with Gasteiger partial charge in [-0.25, -0.2) is 13.2 Å². The van der Waals surface area contributed by atoms with Gasteiger partial charge in [0.1, 0.15) is 6.54 Å². The van der Waals surface area contributed by atoms with Crippen molar-refractivity contribution in [3.8, 4) is 0 Å². The molecule has 11 heteroatoms. The van der Waals surface area contributed by atoms with Crippen LogP contribution in [0.4, 0.5) is 4.79 Å². The number of urea groups is 1. The molecule has 29 heavy (non-hydrogen) atoms. The van der Waals surface area contributed by atoms with E-state index in [4.69, 9.17) is 4.74 Å². The molecule has 0 aliphatic rings. The molecule has 0 aliphatic heterocycles. The third kappa shape index (κ3) is 8.00. The van der Waals surface area contributed by atoms with Gasteiger partial charge in [-0.2, -0.15) is 4.31 Å². The van der Waals surface area contributed by atoms with Gasteiger partial charge in [-0.05, 0) is 25.5 Å². The van der Waals surface area contributed by atoms with E-state index in [1.807, 2.05) is 12.2 Å². The number of carbonyl (C=O) groups is 4. The molecule has 0 spiro atoms. The van der Waals surface area contributed by atoms with Crippen LogP contribution >= 0.6 is 0 Å². The van der Waals surface area contributed by atoms with E-state index in [0.29, 0.717) is 12.1 Å². The second kappa shape index (κ2) is 11.3. The summed E-state index contributed by atoms with van der Waals surface area (Å²) < 4.78 is 30.4. The van der Waals surface area contributed by atoms with Crippen molar-refractivity contribution >= 4 is 33.7 Å². The molecule has 1 aromatic carbocycles. The lowest BCUT2D eigenvalue weighted by atomic mass is 10.2. The number of likely N-dealkylation sites (N-methyl/N-ethyl adjacent to an activating group) is 1. The van der Waals surface area contributed by atoms with Crippen molar-refractivity contribution < 1.29 is 32.3 Å². The highest BCUT2D eigenvalue weighted by Crippen LogP contribution is 2.15. The number of rotatable bonds is 10. The second-order valence-electron chi connectivity index (χ2n) is 6.16. The zero-order valence-corrected chi connectivity index (χ0v) is 17.4. The molecule has 0 saturated heterocycles. The van der Waals surface area contributed by atoms with Crippen molar-refractivity contribution in [2.45, 2.75) is 31.6 Å². The molecule has 0 saturated carbocycles. The number of Topliss-reactive ketones (excluding diaryl/α,β-unsaturated/α-hetero) is 1. The molecule has 3 amide bonds. The van der Waals surface area contributed by atoms with Crippen LogP contribution in [-0.4, -0.2) is 63.2 Å². The number of nitrogens with zero attached hydrogens (tertiary/aromatic N) is 1. The van der Waals surface area contributed by atoms with Gasteiger partial charge < -0.3 is 10.1 Å². The predicted octanol–water partition coefficient (Wildman–Crippen LogP) is 0.679. The summed E-state index contributed by atoms with van der Waals surface area (Å²) in [7, 11) is -2.81. The largest absolute Gasteiger partial charge is 0.455 e. The maximum Gasteiger partial charge on any atom is 0.321 e. The van der Waals surface area contributed by atoms with E-state index < -0.39 is 41.1 Å². The number of imide groups is 1. The monoisotopic (exact) mass is 427 g/mol. The van der Waals surface area contributed by atoms with Gasteiger partial charge in [-0.1, -0.05) is 25.5 Å². The SMILES string of the molecule is CCCCNC(=O)NC(=O)COC(=O)CN(C)S(=O)(=O)c1ccc(C(C)=O)cc1. The summed E-state index contributed by atoms with van der Waals surface area (Å²) in [6, 6.07) is 4.57. The highest BCUT2D eigenvalue weighted by atomic mass is 32.2. The first kappa shape index (κ1) is 24.2. The molecule has 0 aromatic heterocycles. The molecule has 0 unspecified atom stereocenters. The number of sulfonamides is 1. The van der Waals surface area contributed by atoms with Gasteiger partial charge in [-0.3, -0.25) is 19.7 Å². The quantitative estimate of drug-likeness (QED) is 0.318. The van der Waals surface area contributed by atoms with Crippen LogP contribution in [0.5, 0.6) is 0 Å². The first-order valence-corrected chi connectivity index (χ1v) is 10.3. The predicted molar refractivity (Wildman–Crippen MR) is 104 cm³/mol. The van der Waals surface area contributed by atoms with Crippen LogP contribution in [-0.2, 0) is 24.3 Å². The van der Waals surface area contributed by atoms with Crippen LogP contribution in [0.2, 0.25) is 0 Å². The Kier molecular flexibility index (Phi) is 9.42. The second-order valence-corrected chi connectivity index (χ2v) is 8.20. The summed E-state index contributed by atoms with van der Waals surface area (Å²) in [6.07, 6.45) is 1.64. The van der Waals surface area contributed by atoms with Crippen molar-refractivity contribution in [1.82, 2.24) is 14.9 Å². The fourth-order valence-electron chi connectivity index (χ4n) is 2.09. The van der Waals surface area contributed by atoms with E-state index in [1.165, 1.54) is 38.2 Å². The lowest BCUT2D eigenvalue weighted by Gasteiger charge is -2.16. The molecule has 0 heterocycles. The summed E-state index contributed by atoms with van der Waals surface area (Å²) in [6.45, 7) is 2.36. The smallest absolute Gasteiger partial charge is 0.321 e. The summed E-state index contributed by atoms with van der Waals surface area (Å²) in [5.41, 5.74) is 0.357. The Morgan fingerprint density at radius 2 is 1.72 bits per heavy atom. The summed E-state index contributed by atoms with van der Waals surface area (Å²) in [5, 5.41) is 4.46. The number of esters is 1. The molecule has 0 aliphatic carbocycles. The van der Waals surface area contributed by atoms with Crippen LogP contribution in [0.3, 0.4) is 0 Å². The van der Waals surface area contributed by atoms with Crippen molar-refractivity contribution in [3.63, 3.8) is 0 Å². The summed E-state index contributed by atoms with van der Waals surface area (Å²) in [5.74, 6) is -2.00. The normalized spacial score (nSPS) is 11.0. The standard InChI is InChI=1S/C18H25N3O7S/c1-4-5-10-19-18(25)20-16(23)12-28-17(24)11-21(3)29(26,27)15-8-6-14(7-9-15)13(2)22/h6-9H,4-5,10-12H2,1-3H3,(H2,19,20,23,25). The molecule has 0 radical (unpaired) electrons. The van der Waals surface area contributed by atoms with Crippen LogP contribution in [0, 0.1) is 0 Å². The fraction of sp³-hybridized carbons (Fsp3) is 0.444. The van der Waals surface area contributed by atoms with E-state index in [1.54, 1.807) is 0 Å². The maximum absolute atomic E-state index is 12.5. The number of amides is 3. The maximum atomic E-state index is 12.5. The Hall–Kier alpha value is -2.79. The molecule has 1 rings (SSSR count). The van der Waals surface area contributed by atoms with Gasteiger partial charge in [0, 0.05) is 19.2 Å². The molecular formula is C18H25N3O7S. The topological polar surface area (TPSA) is 139 Å². The lowest BCUT2D eigenvalue weighted by molar-refractivity contribution is -0.148. The van der Waals surface area contributed by atoms with E-state index in [-0.39, 0.29) is 10.7 Å². The Bertz CT molecular complexity index is 851. The van der Waals surface area contributed by atoms with Gasteiger partial charge in [0.05, 0.1) is 4.90 Å². The van der Waals surface area contributed by atoms with E-state index >= 15 is 0 Å². The van der Waals surface area contributed by atoms with Gasteiger partial charge in [0.15, 0.2) is 12.4 Å². The average Bonchev–Trinajstić information content (AvgIpc) is 2.66. The molecule has 2 N–H and O–H groups in total. The van der Waals surface area contributed by atoms with Crippen LogP contribution in [0.15, 0.2) is 29.2 Å². The number of ether oxygens (including phenoxy) is 1. The molecule has 1 aromatic rings. The molecule has 0 fully saturated rings. The van der Waals surface area contributed by atoms with E-state index in [9.17, 15) is 27.6 Å². The minimum Gasteiger partial charge on any atom is -0.455 e. The fourth-order valence-corrected chi connectivity index (χ4v) is 3.20.